The predicted octanol–water partition coefficient (Wildman–Crippen LogP) is 4.32. The minimum atomic E-state index is 0.0685. The van der Waals surface area contributed by atoms with Crippen LogP contribution in [0.5, 0.6) is 5.75 Å². The van der Waals surface area contributed by atoms with Crippen LogP contribution in [0.2, 0.25) is 0 Å². The van der Waals surface area contributed by atoms with Gasteiger partial charge >= 0.3 is 0 Å². The van der Waals surface area contributed by atoms with Gasteiger partial charge in [-0.15, -0.1) is 0 Å². The van der Waals surface area contributed by atoms with Gasteiger partial charge in [0.15, 0.2) is 0 Å². The van der Waals surface area contributed by atoms with Crippen LogP contribution < -0.4 is 10.1 Å². The Morgan fingerprint density at radius 1 is 1.04 bits per heavy atom. The van der Waals surface area contributed by atoms with Crippen LogP contribution in [0.4, 0.5) is 0 Å². The number of amides is 1. The van der Waals surface area contributed by atoms with Crippen molar-refractivity contribution in [1.29, 1.82) is 0 Å². The Labute approximate surface area is 162 Å². The average molecular weight is 367 g/mol. The van der Waals surface area contributed by atoms with E-state index in [1.165, 1.54) is 11.1 Å². The number of carbonyl (C=O) groups is 1. The first-order valence-electron chi connectivity index (χ1n) is 10.0. The van der Waals surface area contributed by atoms with Gasteiger partial charge < -0.3 is 10.1 Å². The van der Waals surface area contributed by atoms with E-state index in [9.17, 15) is 4.79 Å². The lowest BCUT2D eigenvalue weighted by atomic mass is 9.99. The van der Waals surface area contributed by atoms with E-state index in [0.29, 0.717) is 13.0 Å². The molecule has 0 radical (unpaired) electrons. The van der Waals surface area contributed by atoms with Gasteiger partial charge in [0, 0.05) is 31.1 Å². The molecule has 0 aliphatic carbocycles. The fraction of sp³-hybridized carbons (Fsp3) is 0.435. The van der Waals surface area contributed by atoms with E-state index in [1.54, 1.807) is 0 Å². The Bertz CT molecular complexity index is 717. The van der Waals surface area contributed by atoms with Crippen molar-refractivity contribution in [2.75, 3.05) is 19.7 Å². The number of nitrogens with one attached hydrogen (secondary N) is 1. The molecule has 1 saturated heterocycles. The molecule has 1 unspecified atom stereocenters. The van der Waals surface area contributed by atoms with Crippen LogP contribution in [0.25, 0.3) is 0 Å². The SMILES string of the molecule is CCOc1ccccc1CN1CCCCCNC(=O)CC1c1ccccc1. The Kier molecular flexibility index (Phi) is 7.28. The predicted molar refractivity (Wildman–Crippen MR) is 109 cm³/mol. The normalized spacial score (nSPS) is 19.3. The van der Waals surface area contributed by atoms with Crippen molar-refractivity contribution in [2.24, 2.45) is 0 Å². The second-order valence-electron chi connectivity index (χ2n) is 7.05. The molecule has 1 aliphatic heterocycles. The first kappa shape index (κ1) is 19.4. The van der Waals surface area contributed by atoms with Gasteiger partial charge in [-0.2, -0.15) is 0 Å². The number of nitrogens with zero attached hydrogens (tertiary/aromatic N) is 1. The maximum atomic E-state index is 12.5. The topological polar surface area (TPSA) is 41.6 Å². The average Bonchev–Trinajstić information content (AvgIpc) is 2.70. The number of rotatable bonds is 5. The minimum Gasteiger partial charge on any atom is -0.494 e. The van der Waals surface area contributed by atoms with Gasteiger partial charge in [-0.05, 0) is 37.9 Å². The third kappa shape index (κ3) is 5.57. The molecule has 0 saturated carbocycles. The highest BCUT2D eigenvalue weighted by atomic mass is 16.5. The quantitative estimate of drug-likeness (QED) is 0.857. The molecular weight excluding hydrogens is 336 g/mol. The fourth-order valence-corrected chi connectivity index (χ4v) is 3.72. The Hall–Kier alpha value is -2.33. The highest BCUT2D eigenvalue weighted by molar-refractivity contribution is 5.76. The molecule has 2 aromatic rings. The first-order valence-corrected chi connectivity index (χ1v) is 10.0. The van der Waals surface area contributed by atoms with Crippen LogP contribution >= 0.6 is 0 Å². The number of carbonyl (C=O) groups excluding carboxylic acids is 1. The minimum absolute atomic E-state index is 0.0685. The lowest BCUT2D eigenvalue weighted by molar-refractivity contribution is -0.122. The van der Waals surface area contributed by atoms with Gasteiger partial charge in [0.2, 0.25) is 5.91 Å². The van der Waals surface area contributed by atoms with Crippen molar-refractivity contribution >= 4 is 5.91 Å². The van der Waals surface area contributed by atoms with E-state index in [0.717, 1.165) is 44.6 Å². The summed E-state index contributed by atoms with van der Waals surface area (Å²) in [7, 11) is 0. The summed E-state index contributed by atoms with van der Waals surface area (Å²) in [6.45, 7) is 5.21. The zero-order valence-electron chi connectivity index (χ0n) is 16.2. The zero-order chi connectivity index (χ0) is 18.9. The lowest BCUT2D eigenvalue weighted by Crippen LogP contribution is -2.36. The van der Waals surface area contributed by atoms with Crippen molar-refractivity contribution < 1.29 is 9.53 Å². The van der Waals surface area contributed by atoms with Crippen LogP contribution in [-0.2, 0) is 11.3 Å². The maximum absolute atomic E-state index is 12.5. The number of hydrogen-bond donors (Lipinski definition) is 1. The summed E-state index contributed by atoms with van der Waals surface area (Å²) in [5.41, 5.74) is 2.37. The molecule has 4 heteroatoms. The summed E-state index contributed by atoms with van der Waals surface area (Å²) in [5.74, 6) is 1.07. The van der Waals surface area contributed by atoms with Crippen LogP contribution in [0.15, 0.2) is 54.6 Å². The van der Waals surface area contributed by atoms with Gasteiger partial charge in [0.05, 0.1) is 6.61 Å². The number of para-hydroxylation sites is 1. The van der Waals surface area contributed by atoms with Crippen molar-refractivity contribution in [1.82, 2.24) is 10.2 Å². The molecule has 0 bridgehead atoms. The molecule has 4 nitrogen and oxygen atoms in total. The lowest BCUT2D eigenvalue weighted by Gasteiger charge is -2.33. The molecule has 2 aromatic carbocycles. The van der Waals surface area contributed by atoms with Gasteiger partial charge in [0.1, 0.15) is 5.75 Å². The highest BCUT2D eigenvalue weighted by Crippen LogP contribution is 2.29. The Morgan fingerprint density at radius 2 is 1.81 bits per heavy atom. The van der Waals surface area contributed by atoms with E-state index in [4.69, 9.17) is 4.74 Å². The molecule has 0 aromatic heterocycles. The summed E-state index contributed by atoms with van der Waals surface area (Å²) in [4.78, 5) is 14.9. The van der Waals surface area contributed by atoms with Gasteiger partial charge in [-0.1, -0.05) is 55.0 Å². The molecule has 1 heterocycles. The summed E-state index contributed by atoms with van der Waals surface area (Å²) < 4.78 is 5.84. The van der Waals surface area contributed by atoms with Crippen LogP contribution in [0, 0.1) is 0 Å². The second kappa shape index (κ2) is 10.1. The molecular formula is C23H30N2O2. The summed E-state index contributed by atoms with van der Waals surface area (Å²) in [6.07, 6.45) is 3.80. The van der Waals surface area contributed by atoms with Crippen LogP contribution in [-0.4, -0.2) is 30.5 Å². The molecule has 1 N–H and O–H groups in total. The largest absolute Gasteiger partial charge is 0.494 e. The number of hydrogen-bond acceptors (Lipinski definition) is 3. The Morgan fingerprint density at radius 3 is 2.63 bits per heavy atom. The monoisotopic (exact) mass is 366 g/mol. The molecule has 27 heavy (non-hydrogen) atoms. The van der Waals surface area contributed by atoms with Crippen LogP contribution in [0.3, 0.4) is 0 Å². The van der Waals surface area contributed by atoms with Crippen molar-refractivity contribution in [3.05, 3.63) is 65.7 Å². The third-order valence-corrected chi connectivity index (χ3v) is 5.09. The molecule has 1 amide bonds. The van der Waals surface area contributed by atoms with Crippen molar-refractivity contribution in [3.8, 4) is 5.75 Å². The summed E-state index contributed by atoms with van der Waals surface area (Å²) in [5, 5.41) is 3.08. The van der Waals surface area contributed by atoms with Crippen molar-refractivity contribution in [3.63, 3.8) is 0 Å². The second-order valence-corrected chi connectivity index (χ2v) is 7.05. The summed E-state index contributed by atoms with van der Waals surface area (Å²) in [6, 6.07) is 18.7. The molecule has 1 atom stereocenters. The van der Waals surface area contributed by atoms with E-state index >= 15 is 0 Å². The molecule has 1 fully saturated rings. The molecule has 1 aliphatic rings. The summed E-state index contributed by atoms with van der Waals surface area (Å²) >= 11 is 0. The fourth-order valence-electron chi connectivity index (χ4n) is 3.72. The number of ether oxygens (including phenoxy) is 1. The highest BCUT2D eigenvalue weighted by Gasteiger charge is 2.24. The maximum Gasteiger partial charge on any atom is 0.221 e. The molecule has 0 spiro atoms. The smallest absolute Gasteiger partial charge is 0.221 e. The van der Waals surface area contributed by atoms with Gasteiger partial charge in [0.25, 0.3) is 0 Å². The van der Waals surface area contributed by atoms with Crippen LogP contribution in [0.1, 0.15) is 49.8 Å². The van der Waals surface area contributed by atoms with E-state index in [-0.39, 0.29) is 11.9 Å². The molecule has 3 rings (SSSR count). The van der Waals surface area contributed by atoms with Gasteiger partial charge in [-0.3, -0.25) is 9.69 Å². The van der Waals surface area contributed by atoms with E-state index in [2.05, 4.69) is 46.6 Å². The zero-order valence-corrected chi connectivity index (χ0v) is 16.2. The van der Waals surface area contributed by atoms with Gasteiger partial charge in [-0.25, -0.2) is 0 Å². The first-order chi connectivity index (χ1) is 13.3. The van der Waals surface area contributed by atoms with E-state index in [1.807, 2.05) is 25.1 Å². The van der Waals surface area contributed by atoms with Crippen molar-refractivity contribution in [2.45, 2.75) is 45.2 Å². The van der Waals surface area contributed by atoms with E-state index < -0.39 is 0 Å². The number of benzene rings is 2. The standard InChI is InChI=1S/C23H30N2O2/c1-2-27-22-14-8-7-13-20(22)18-25-16-10-4-9-15-24-23(26)17-21(25)19-11-5-3-6-12-19/h3,5-8,11-14,21H,2,4,9-10,15-18H2,1H3,(H,24,26). The Balaban J connectivity index is 1.89. The molecule has 144 valence electrons. The third-order valence-electron chi connectivity index (χ3n) is 5.09.